The number of hydrogen-bond donors (Lipinski definition) is 0. The van der Waals surface area contributed by atoms with E-state index in [9.17, 15) is 4.79 Å². The summed E-state index contributed by atoms with van der Waals surface area (Å²) in [6.45, 7) is 2.08. The molecule has 0 saturated heterocycles. The smallest absolute Gasteiger partial charge is 0.418 e. The highest BCUT2D eigenvalue weighted by molar-refractivity contribution is 5.90. The molecule has 1 aromatic carbocycles. The van der Waals surface area contributed by atoms with Crippen LogP contribution in [0.15, 0.2) is 24.3 Å². The van der Waals surface area contributed by atoms with Gasteiger partial charge < -0.3 is 14.2 Å². The second-order valence-electron chi connectivity index (χ2n) is 4.28. The number of nitrogens with zero attached hydrogens (tertiary/aromatic N) is 1. The first-order chi connectivity index (χ1) is 9.18. The lowest BCUT2D eigenvalue weighted by Crippen LogP contribution is -2.57. The molecule has 0 saturated carbocycles. The molecular formula is C14H19NO4. The summed E-state index contributed by atoms with van der Waals surface area (Å²) in [6, 6.07) is 7.70. The maximum atomic E-state index is 12.2. The molecule has 0 fully saturated rings. The Kier molecular flexibility index (Phi) is 4.07. The summed E-state index contributed by atoms with van der Waals surface area (Å²) in [5.74, 6) is -1.10. The van der Waals surface area contributed by atoms with Crippen molar-refractivity contribution >= 4 is 11.8 Å². The summed E-state index contributed by atoms with van der Waals surface area (Å²) < 4.78 is 16.1. The van der Waals surface area contributed by atoms with Crippen LogP contribution < -0.4 is 4.90 Å². The number of methoxy groups -OCH3 is 2. The van der Waals surface area contributed by atoms with Crippen molar-refractivity contribution in [3.63, 3.8) is 0 Å². The summed E-state index contributed by atoms with van der Waals surface area (Å²) in [5, 5.41) is 0. The van der Waals surface area contributed by atoms with Crippen LogP contribution in [0.5, 0.6) is 0 Å². The van der Waals surface area contributed by atoms with Gasteiger partial charge in [0.05, 0.1) is 12.3 Å². The first kappa shape index (κ1) is 13.8. The van der Waals surface area contributed by atoms with Crippen LogP contribution in [0.3, 0.4) is 0 Å². The number of carbonyl (C=O) groups is 1. The van der Waals surface area contributed by atoms with Gasteiger partial charge in [-0.05, 0) is 25.0 Å². The Bertz CT molecular complexity index is 457. The Labute approximate surface area is 113 Å². The van der Waals surface area contributed by atoms with Crippen molar-refractivity contribution in [2.24, 2.45) is 0 Å². The standard InChI is InChI=1S/C14H19NO4/c1-4-19-13(16)15-12-8-6-5-7-11(12)9-10-14(15,17-2)18-3/h5-8H,4,9-10H2,1-3H3. The maximum Gasteiger partial charge on any atom is 0.418 e. The summed E-state index contributed by atoms with van der Waals surface area (Å²) >= 11 is 0. The monoisotopic (exact) mass is 265 g/mol. The molecule has 0 spiro atoms. The van der Waals surface area contributed by atoms with Crippen molar-refractivity contribution in [2.45, 2.75) is 25.7 Å². The zero-order chi connectivity index (χ0) is 13.9. The van der Waals surface area contributed by atoms with Gasteiger partial charge in [-0.25, -0.2) is 9.69 Å². The molecule has 0 radical (unpaired) electrons. The van der Waals surface area contributed by atoms with Gasteiger partial charge >= 0.3 is 6.09 Å². The second-order valence-corrected chi connectivity index (χ2v) is 4.28. The summed E-state index contributed by atoms with van der Waals surface area (Å²) in [6.07, 6.45) is 0.891. The molecule has 19 heavy (non-hydrogen) atoms. The number of carbonyl (C=O) groups excluding carboxylic acids is 1. The van der Waals surface area contributed by atoms with E-state index < -0.39 is 12.0 Å². The van der Waals surface area contributed by atoms with E-state index >= 15 is 0 Å². The molecule has 2 rings (SSSR count). The number of para-hydroxylation sites is 1. The Morgan fingerprint density at radius 3 is 2.63 bits per heavy atom. The van der Waals surface area contributed by atoms with E-state index in [4.69, 9.17) is 14.2 Å². The molecular weight excluding hydrogens is 246 g/mol. The van der Waals surface area contributed by atoms with Gasteiger partial charge in [0.15, 0.2) is 0 Å². The van der Waals surface area contributed by atoms with Crippen molar-refractivity contribution in [1.29, 1.82) is 0 Å². The molecule has 5 nitrogen and oxygen atoms in total. The fourth-order valence-electron chi connectivity index (χ4n) is 2.42. The minimum Gasteiger partial charge on any atom is -0.449 e. The number of ether oxygens (including phenoxy) is 3. The number of fused-ring (bicyclic) bond motifs is 1. The number of aryl methyl sites for hydroxylation is 1. The molecule has 1 aromatic rings. The van der Waals surface area contributed by atoms with Crippen LogP contribution in [0, 0.1) is 0 Å². The molecule has 0 aromatic heterocycles. The van der Waals surface area contributed by atoms with Crippen LogP contribution in [0.25, 0.3) is 0 Å². The molecule has 5 heteroatoms. The zero-order valence-electron chi connectivity index (χ0n) is 11.5. The van der Waals surface area contributed by atoms with Gasteiger partial charge in [-0.1, -0.05) is 18.2 Å². The summed E-state index contributed by atoms with van der Waals surface area (Å²) in [7, 11) is 3.06. The van der Waals surface area contributed by atoms with Crippen LogP contribution in [-0.4, -0.2) is 32.8 Å². The van der Waals surface area contributed by atoms with Crippen molar-refractivity contribution in [3.8, 4) is 0 Å². The predicted octanol–water partition coefficient (Wildman–Crippen LogP) is 2.54. The zero-order valence-corrected chi connectivity index (χ0v) is 11.5. The van der Waals surface area contributed by atoms with Crippen molar-refractivity contribution in [1.82, 2.24) is 0 Å². The van der Waals surface area contributed by atoms with E-state index in [1.807, 2.05) is 24.3 Å². The molecule has 0 N–H and O–H groups in total. The van der Waals surface area contributed by atoms with E-state index in [1.165, 1.54) is 19.1 Å². The fourth-order valence-corrected chi connectivity index (χ4v) is 2.42. The molecule has 0 atom stereocenters. The number of hydrogen-bond acceptors (Lipinski definition) is 4. The lowest BCUT2D eigenvalue weighted by Gasteiger charge is -2.43. The first-order valence-electron chi connectivity index (χ1n) is 6.33. The quantitative estimate of drug-likeness (QED) is 0.788. The average Bonchev–Trinajstić information content (AvgIpc) is 2.46. The number of rotatable bonds is 3. The molecule has 0 bridgehead atoms. The third kappa shape index (κ3) is 2.31. The highest BCUT2D eigenvalue weighted by Crippen LogP contribution is 2.38. The van der Waals surface area contributed by atoms with Gasteiger partial charge in [-0.15, -0.1) is 0 Å². The Hall–Kier alpha value is -1.59. The SMILES string of the molecule is CCOC(=O)N1c2ccccc2CCC1(OC)OC. The third-order valence-electron chi connectivity index (χ3n) is 3.37. The van der Waals surface area contributed by atoms with Crippen LogP contribution in [0.2, 0.25) is 0 Å². The molecule has 1 amide bonds. The number of benzene rings is 1. The molecule has 1 aliphatic rings. The fraction of sp³-hybridized carbons (Fsp3) is 0.500. The normalized spacial score (nSPS) is 16.9. The lowest BCUT2D eigenvalue weighted by molar-refractivity contribution is -0.208. The average molecular weight is 265 g/mol. The molecule has 1 heterocycles. The first-order valence-corrected chi connectivity index (χ1v) is 6.33. The van der Waals surface area contributed by atoms with Gasteiger partial charge in [-0.3, -0.25) is 0 Å². The van der Waals surface area contributed by atoms with E-state index in [0.717, 1.165) is 17.7 Å². The van der Waals surface area contributed by atoms with Gasteiger partial charge in [0.25, 0.3) is 5.91 Å². The van der Waals surface area contributed by atoms with Gasteiger partial charge in [-0.2, -0.15) is 0 Å². The van der Waals surface area contributed by atoms with Crippen LogP contribution in [0.1, 0.15) is 18.9 Å². The second kappa shape index (κ2) is 5.59. The Morgan fingerprint density at radius 1 is 1.32 bits per heavy atom. The van der Waals surface area contributed by atoms with E-state index in [2.05, 4.69) is 0 Å². The summed E-state index contributed by atoms with van der Waals surface area (Å²) in [5.41, 5.74) is 1.86. The summed E-state index contributed by atoms with van der Waals surface area (Å²) in [4.78, 5) is 13.7. The highest BCUT2D eigenvalue weighted by atomic mass is 16.7. The topological polar surface area (TPSA) is 48.0 Å². The number of amides is 1. The third-order valence-corrected chi connectivity index (χ3v) is 3.37. The molecule has 104 valence electrons. The van der Waals surface area contributed by atoms with E-state index in [1.54, 1.807) is 6.92 Å². The molecule has 1 aliphatic heterocycles. The largest absolute Gasteiger partial charge is 0.449 e. The Balaban J connectivity index is 2.47. The van der Waals surface area contributed by atoms with Crippen LogP contribution in [0.4, 0.5) is 10.5 Å². The van der Waals surface area contributed by atoms with E-state index in [-0.39, 0.29) is 0 Å². The van der Waals surface area contributed by atoms with Gasteiger partial charge in [0, 0.05) is 20.6 Å². The van der Waals surface area contributed by atoms with Crippen molar-refractivity contribution in [3.05, 3.63) is 29.8 Å². The minimum atomic E-state index is -1.10. The van der Waals surface area contributed by atoms with Crippen LogP contribution >= 0.6 is 0 Å². The van der Waals surface area contributed by atoms with Crippen molar-refractivity contribution in [2.75, 3.05) is 25.7 Å². The lowest BCUT2D eigenvalue weighted by atomic mass is 9.99. The van der Waals surface area contributed by atoms with Crippen LogP contribution in [-0.2, 0) is 20.6 Å². The highest BCUT2D eigenvalue weighted by Gasteiger charge is 2.46. The minimum absolute atomic E-state index is 0.307. The van der Waals surface area contributed by atoms with Crippen molar-refractivity contribution < 1.29 is 19.0 Å². The van der Waals surface area contributed by atoms with Gasteiger partial charge in [0.2, 0.25) is 0 Å². The van der Waals surface area contributed by atoms with E-state index in [0.29, 0.717) is 13.0 Å². The molecule has 0 aliphatic carbocycles. The predicted molar refractivity (Wildman–Crippen MR) is 71.0 cm³/mol. The maximum absolute atomic E-state index is 12.2. The number of anilines is 1. The molecule has 0 unspecified atom stereocenters. The Morgan fingerprint density at radius 2 is 2.00 bits per heavy atom. The van der Waals surface area contributed by atoms with Gasteiger partial charge in [0.1, 0.15) is 0 Å².